The van der Waals surface area contributed by atoms with Crippen molar-refractivity contribution < 1.29 is 0 Å². The quantitative estimate of drug-likeness (QED) is 0.122. The van der Waals surface area contributed by atoms with Gasteiger partial charge in [0.05, 0.1) is 44.5 Å². The molecule has 426 valence electrons. The van der Waals surface area contributed by atoms with Gasteiger partial charge in [-0.15, -0.1) is 0 Å². The van der Waals surface area contributed by atoms with E-state index >= 15 is 0 Å². The summed E-state index contributed by atoms with van der Waals surface area (Å²) in [5.74, 6) is 0. The second-order valence-corrected chi connectivity index (χ2v) is 23.6. The van der Waals surface area contributed by atoms with E-state index in [9.17, 15) is 0 Å². The van der Waals surface area contributed by atoms with E-state index < -0.39 is 0 Å². The minimum absolute atomic E-state index is 1.07. The van der Waals surface area contributed by atoms with Crippen LogP contribution in [0, 0.1) is 13.8 Å². The Hall–Kier alpha value is -11.9. The van der Waals surface area contributed by atoms with Crippen LogP contribution in [0.5, 0.6) is 0 Å². The molecule has 0 radical (unpaired) electrons. The molecule has 0 saturated heterocycles. The van der Waals surface area contributed by atoms with E-state index in [4.69, 9.17) is 0 Å². The second-order valence-electron chi connectivity index (χ2n) is 23.6. The molecule has 0 aliphatic heterocycles. The fourth-order valence-electron chi connectivity index (χ4n) is 13.8. The number of hydrogen-bond donors (Lipinski definition) is 0. The lowest BCUT2D eigenvalue weighted by molar-refractivity contribution is 1.13. The van der Waals surface area contributed by atoms with Crippen LogP contribution in [-0.2, 0) is 0 Å². The smallest absolute Gasteiger partial charge is 0.0542 e. The number of aromatic nitrogens is 4. The molecule has 0 N–H and O–H groups in total. The molecular weight excluding hydrogens is 1090 g/mol. The molecule has 6 nitrogen and oxygen atoms in total. The number of benzene rings is 13. The summed E-state index contributed by atoms with van der Waals surface area (Å²) in [5, 5.41) is 7.16. The third kappa shape index (κ3) is 8.87. The third-order valence-electron chi connectivity index (χ3n) is 18.0. The van der Waals surface area contributed by atoms with Gasteiger partial charge in [0.15, 0.2) is 0 Å². The molecule has 17 rings (SSSR count). The van der Waals surface area contributed by atoms with Crippen molar-refractivity contribution >= 4 is 99.5 Å². The minimum atomic E-state index is 1.07. The topological polar surface area (TPSA) is 26.2 Å². The molecule has 0 amide bonds. The number of rotatable bonds is 12. The Bertz CT molecular complexity index is 5160. The molecule has 0 saturated carbocycles. The fraction of sp³-hybridized carbons (Fsp3) is 0.0238. The van der Waals surface area contributed by atoms with E-state index in [0.29, 0.717) is 0 Å². The van der Waals surface area contributed by atoms with Gasteiger partial charge in [-0.2, -0.15) is 0 Å². The first-order valence-electron chi connectivity index (χ1n) is 30.9. The maximum atomic E-state index is 2.45. The summed E-state index contributed by atoms with van der Waals surface area (Å²) in [6.45, 7) is 4.31. The van der Waals surface area contributed by atoms with Crippen LogP contribution < -0.4 is 9.80 Å². The number of nitrogens with zero attached hydrogens (tertiary/aromatic N) is 6. The molecule has 6 heteroatoms. The Kier molecular flexibility index (Phi) is 12.5. The van der Waals surface area contributed by atoms with Gasteiger partial charge in [0.25, 0.3) is 0 Å². The van der Waals surface area contributed by atoms with Crippen molar-refractivity contribution in [2.45, 2.75) is 13.8 Å². The van der Waals surface area contributed by atoms with Crippen molar-refractivity contribution in [1.29, 1.82) is 0 Å². The predicted octanol–water partition coefficient (Wildman–Crippen LogP) is 22.7. The third-order valence-corrected chi connectivity index (χ3v) is 18.0. The van der Waals surface area contributed by atoms with Crippen molar-refractivity contribution in [1.82, 2.24) is 18.3 Å². The van der Waals surface area contributed by atoms with Crippen LogP contribution in [0.3, 0.4) is 0 Å². The van der Waals surface area contributed by atoms with Gasteiger partial charge in [-0.05, 0) is 195 Å². The van der Waals surface area contributed by atoms with Crippen molar-refractivity contribution in [3.05, 3.63) is 339 Å². The molecule has 0 bridgehead atoms. The average Bonchev–Trinajstić information content (AvgIpc) is 1.62. The first-order chi connectivity index (χ1) is 44.5. The first-order valence-corrected chi connectivity index (χ1v) is 30.9. The Morgan fingerprint density at radius 2 is 0.522 bits per heavy atom. The standard InChI is InChI=1S/C84H60N6/c1-57-31-35-59(36-32-57)81-51-61-53-84-62(54-83(61)89(81)69-43-39-67(40-44-69)85(63-19-7-3-8-20-63)71-47-49-79-75(55-71)73-27-15-17-29-77(73)87(79)65-23-11-5-12-24-65)52-82(60-37-33-58(2)34-38-60)90(84)70-45-41-68(42-46-70)86(64-21-9-4-10-22-64)72-48-50-80-76(56-72)74-28-16-18-30-78(74)88(80)66-25-13-6-14-26-66/h3-56H,1-2H3. The van der Waals surface area contributed by atoms with Crippen LogP contribution >= 0.6 is 0 Å². The monoisotopic (exact) mass is 1150 g/mol. The molecule has 17 aromatic rings. The van der Waals surface area contributed by atoms with E-state index in [-0.39, 0.29) is 0 Å². The van der Waals surface area contributed by atoms with Gasteiger partial charge in [-0.3, -0.25) is 0 Å². The van der Waals surface area contributed by atoms with Crippen LogP contribution in [0.1, 0.15) is 11.1 Å². The molecule has 13 aromatic carbocycles. The van der Waals surface area contributed by atoms with Crippen LogP contribution in [0.25, 0.3) is 111 Å². The molecule has 0 atom stereocenters. The minimum Gasteiger partial charge on any atom is -0.310 e. The van der Waals surface area contributed by atoms with Gasteiger partial charge in [0.1, 0.15) is 0 Å². The van der Waals surface area contributed by atoms with Crippen LogP contribution in [0.2, 0.25) is 0 Å². The van der Waals surface area contributed by atoms with Gasteiger partial charge < -0.3 is 28.1 Å². The molecule has 0 fully saturated rings. The Balaban J connectivity index is 0.792. The van der Waals surface area contributed by atoms with Gasteiger partial charge in [-0.25, -0.2) is 0 Å². The van der Waals surface area contributed by atoms with Crippen LogP contribution in [0.4, 0.5) is 34.1 Å². The largest absolute Gasteiger partial charge is 0.310 e. The zero-order valence-corrected chi connectivity index (χ0v) is 49.9. The van der Waals surface area contributed by atoms with Gasteiger partial charge in [-0.1, -0.05) is 169 Å². The van der Waals surface area contributed by atoms with E-state index in [0.717, 1.165) is 101 Å². The zero-order valence-electron chi connectivity index (χ0n) is 49.9. The van der Waals surface area contributed by atoms with Gasteiger partial charge in [0, 0.05) is 89.2 Å². The predicted molar refractivity (Wildman–Crippen MR) is 378 cm³/mol. The maximum Gasteiger partial charge on any atom is 0.0542 e. The summed E-state index contributed by atoms with van der Waals surface area (Å²) in [5.41, 5.74) is 24.9. The fourth-order valence-corrected chi connectivity index (χ4v) is 13.8. The van der Waals surface area contributed by atoms with E-state index in [1.165, 1.54) is 54.7 Å². The van der Waals surface area contributed by atoms with E-state index in [1.54, 1.807) is 0 Å². The van der Waals surface area contributed by atoms with Crippen molar-refractivity contribution in [2.24, 2.45) is 0 Å². The van der Waals surface area contributed by atoms with Crippen LogP contribution in [-0.4, -0.2) is 18.3 Å². The Morgan fingerprint density at radius 1 is 0.211 bits per heavy atom. The highest BCUT2D eigenvalue weighted by molar-refractivity contribution is 6.12. The SMILES string of the molecule is Cc1ccc(-c2cc3cc4c(cc(-c5ccc(C)cc5)n4-c4ccc(N(c5ccccc5)c5ccc6c(c5)c5ccccc5n6-c5ccccc5)cc4)cc3n2-c2ccc(N(c3ccccc3)c3ccc4c(c3)c3ccccc3n4-c3ccccc3)cc2)cc1. The lowest BCUT2D eigenvalue weighted by Gasteiger charge is -2.26. The lowest BCUT2D eigenvalue weighted by atomic mass is 10.1. The molecule has 0 unspecified atom stereocenters. The summed E-state index contributed by atoms with van der Waals surface area (Å²) in [4.78, 5) is 4.76. The second kappa shape index (κ2) is 21.5. The number of para-hydroxylation sites is 6. The maximum absolute atomic E-state index is 2.45. The summed E-state index contributed by atoms with van der Waals surface area (Å²) >= 11 is 0. The highest BCUT2D eigenvalue weighted by Crippen LogP contribution is 2.45. The van der Waals surface area contributed by atoms with E-state index in [2.05, 4.69) is 369 Å². The molecule has 4 aromatic heterocycles. The van der Waals surface area contributed by atoms with Gasteiger partial charge in [0.2, 0.25) is 0 Å². The Labute approximate surface area is 522 Å². The highest BCUT2D eigenvalue weighted by atomic mass is 15.2. The molecule has 0 aliphatic rings. The van der Waals surface area contributed by atoms with Crippen molar-refractivity contribution in [3.63, 3.8) is 0 Å². The summed E-state index contributed by atoms with van der Waals surface area (Å²) in [6, 6.07) is 120. The number of anilines is 6. The lowest BCUT2D eigenvalue weighted by Crippen LogP contribution is -2.10. The molecule has 0 aliphatic carbocycles. The first kappa shape index (κ1) is 52.5. The highest BCUT2D eigenvalue weighted by Gasteiger charge is 2.23. The number of fused-ring (bicyclic) bond motifs is 8. The zero-order chi connectivity index (χ0) is 59.8. The molecule has 90 heavy (non-hydrogen) atoms. The van der Waals surface area contributed by atoms with E-state index in [1.807, 2.05) is 0 Å². The number of hydrogen-bond acceptors (Lipinski definition) is 2. The molecular formula is C84H60N6. The van der Waals surface area contributed by atoms with Crippen LogP contribution in [0.15, 0.2) is 328 Å². The molecule has 4 heterocycles. The van der Waals surface area contributed by atoms with Crippen molar-refractivity contribution in [2.75, 3.05) is 9.80 Å². The summed E-state index contributed by atoms with van der Waals surface area (Å²) < 4.78 is 9.66. The summed E-state index contributed by atoms with van der Waals surface area (Å²) in [7, 11) is 0. The summed E-state index contributed by atoms with van der Waals surface area (Å²) in [6.07, 6.45) is 0. The number of aryl methyl sites for hydroxylation is 2. The van der Waals surface area contributed by atoms with Crippen molar-refractivity contribution in [3.8, 4) is 45.3 Å². The normalized spacial score (nSPS) is 11.7. The molecule has 0 spiro atoms. The average molecular weight is 1150 g/mol. The Morgan fingerprint density at radius 3 is 0.911 bits per heavy atom. The van der Waals surface area contributed by atoms with Gasteiger partial charge >= 0.3 is 0 Å².